The maximum Gasteiger partial charge on any atom is 0.204 e. The Hall–Kier alpha value is -7.84. The monoisotopic (exact) mass is 734 g/mol. The molecule has 0 amide bonds. The molecule has 0 saturated carbocycles. The maximum atomic E-state index is 12.0. The van der Waals surface area contributed by atoms with E-state index in [1.807, 2.05) is 127 Å². The molecule has 0 aromatic heterocycles. The third kappa shape index (κ3) is 4.35. The van der Waals surface area contributed by atoms with Crippen LogP contribution >= 0.6 is 0 Å². The van der Waals surface area contributed by atoms with Crippen molar-refractivity contribution in [2.45, 2.75) is 0 Å². The summed E-state index contributed by atoms with van der Waals surface area (Å²) in [4.78, 5) is 0. The summed E-state index contributed by atoms with van der Waals surface area (Å²) in [6.07, 6.45) is 0. The molecule has 0 aliphatic carbocycles. The van der Waals surface area contributed by atoms with Crippen LogP contribution in [-0.2, 0) is 0 Å². The molecule has 0 aliphatic heterocycles. The average Bonchev–Trinajstić information content (AvgIpc) is 3.24. The van der Waals surface area contributed by atoms with Gasteiger partial charge < -0.3 is 40.9 Å². The zero-order chi connectivity index (χ0) is 38.6. The summed E-state index contributed by atoms with van der Waals surface area (Å²) in [7, 11) is 0. The lowest BCUT2D eigenvalue weighted by molar-refractivity contribution is 0.350. The molecule has 0 fully saturated rings. The second-order valence-electron chi connectivity index (χ2n) is 14.0. The van der Waals surface area contributed by atoms with Gasteiger partial charge in [-0.25, -0.2) is 0 Å². The lowest BCUT2D eigenvalue weighted by Gasteiger charge is -2.24. The summed E-state index contributed by atoms with van der Waals surface area (Å²) in [5.74, 6) is -7.39. The number of phenols is 8. The van der Waals surface area contributed by atoms with E-state index in [-0.39, 0.29) is 32.7 Å². The van der Waals surface area contributed by atoms with Crippen LogP contribution in [0.5, 0.6) is 46.0 Å². The van der Waals surface area contributed by atoms with Crippen molar-refractivity contribution >= 4 is 64.6 Å². The highest BCUT2D eigenvalue weighted by molar-refractivity contribution is 6.33. The van der Waals surface area contributed by atoms with E-state index in [0.29, 0.717) is 21.9 Å². The zero-order valence-corrected chi connectivity index (χ0v) is 29.3. The first kappa shape index (κ1) is 32.8. The van der Waals surface area contributed by atoms with E-state index in [9.17, 15) is 40.9 Å². The molecular weight excluding hydrogens is 705 g/mol. The molecule has 10 aromatic carbocycles. The minimum atomic E-state index is -1.02. The second kappa shape index (κ2) is 11.8. The van der Waals surface area contributed by atoms with Gasteiger partial charge in [0.2, 0.25) is 23.0 Å². The molecule has 0 atom stereocenters. The van der Waals surface area contributed by atoms with Gasteiger partial charge in [-0.05, 0) is 71.4 Å². The van der Waals surface area contributed by atoms with Gasteiger partial charge in [0, 0.05) is 32.7 Å². The maximum absolute atomic E-state index is 12.0. The molecule has 0 bridgehead atoms. The van der Waals surface area contributed by atoms with Gasteiger partial charge in [-0.2, -0.15) is 0 Å². The van der Waals surface area contributed by atoms with Crippen LogP contribution in [0.25, 0.3) is 98.0 Å². The topological polar surface area (TPSA) is 162 Å². The van der Waals surface area contributed by atoms with Gasteiger partial charge in [0.15, 0.2) is 23.0 Å². The van der Waals surface area contributed by atoms with E-state index in [2.05, 4.69) is 0 Å². The fourth-order valence-corrected chi connectivity index (χ4v) is 8.63. The quantitative estimate of drug-likeness (QED) is 0.0385. The molecule has 8 heteroatoms. The van der Waals surface area contributed by atoms with Crippen LogP contribution in [0.1, 0.15) is 0 Å². The first-order chi connectivity index (χ1) is 27.2. The standard InChI is InChI=1S/C48H30O8/c49-41-37-35(32-21-20-26(23-10-2-1-3-11-23)28-14-6-7-15-29(28)32)38-40(44(52)48(56)46(54)42(38)50)36(39(37)43(51)47(55)45(41)53)33-22-25-19-18-24-12-4-5-13-27(24)34(25)31-17-9-8-16-30(31)33/h1-22,49-56H. The van der Waals surface area contributed by atoms with Crippen LogP contribution in [0.15, 0.2) is 133 Å². The number of hydrogen-bond acceptors (Lipinski definition) is 8. The number of benzene rings is 10. The van der Waals surface area contributed by atoms with E-state index in [0.717, 1.165) is 43.4 Å². The smallest absolute Gasteiger partial charge is 0.204 e. The van der Waals surface area contributed by atoms with Crippen molar-refractivity contribution in [3.05, 3.63) is 133 Å². The van der Waals surface area contributed by atoms with Crippen LogP contribution in [0.4, 0.5) is 0 Å². The number of phenolic OH excluding ortho intramolecular Hbond substituents is 8. The molecule has 8 nitrogen and oxygen atoms in total. The van der Waals surface area contributed by atoms with Gasteiger partial charge in [-0.15, -0.1) is 0 Å². The molecule has 0 heterocycles. The Morgan fingerprint density at radius 1 is 0.250 bits per heavy atom. The van der Waals surface area contributed by atoms with E-state index in [1.165, 1.54) is 0 Å². The van der Waals surface area contributed by atoms with Crippen molar-refractivity contribution in [1.29, 1.82) is 0 Å². The third-order valence-electron chi connectivity index (χ3n) is 11.1. The fourth-order valence-electron chi connectivity index (χ4n) is 8.63. The number of aromatic hydroxyl groups is 8. The van der Waals surface area contributed by atoms with E-state index < -0.39 is 46.0 Å². The summed E-state index contributed by atoms with van der Waals surface area (Å²) in [6.45, 7) is 0. The van der Waals surface area contributed by atoms with Crippen molar-refractivity contribution in [3.63, 3.8) is 0 Å². The van der Waals surface area contributed by atoms with Gasteiger partial charge in [0.05, 0.1) is 0 Å². The molecular formula is C48H30O8. The number of rotatable bonds is 3. The Morgan fingerprint density at radius 2 is 0.643 bits per heavy atom. The van der Waals surface area contributed by atoms with Crippen LogP contribution < -0.4 is 0 Å². The highest BCUT2D eigenvalue weighted by Gasteiger charge is 2.33. The van der Waals surface area contributed by atoms with Gasteiger partial charge in [0.1, 0.15) is 0 Å². The van der Waals surface area contributed by atoms with Crippen LogP contribution in [0.2, 0.25) is 0 Å². The lowest BCUT2D eigenvalue weighted by Crippen LogP contribution is -1.96. The summed E-state index contributed by atoms with van der Waals surface area (Å²) < 4.78 is 0. The Labute approximate surface area is 317 Å². The van der Waals surface area contributed by atoms with Crippen LogP contribution in [0, 0.1) is 0 Å². The van der Waals surface area contributed by atoms with Crippen molar-refractivity contribution in [2.75, 3.05) is 0 Å². The van der Waals surface area contributed by atoms with E-state index in [4.69, 9.17) is 0 Å². The molecule has 0 spiro atoms. The minimum Gasteiger partial charge on any atom is -0.504 e. The first-order valence-corrected chi connectivity index (χ1v) is 17.8. The second-order valence-corrected chi connectivity index (χ2v) is 14.0. The van der Waals surface area contributed by atoms with Crippen molar-refractivity contribution < 1.29 is 40.9 Å². The molecule has 56 heavy (non-hydrogen) atoms. The SMILES string of the molecule is Oc1c(O)c(O)c2c(-c3cc4ccc5ccccc5c4c4ccccc34)c3c(O)c(O)c(O)c(O)c3c(-c3ccc(-c4ccccc4)c4ccccc34)c2c1O. The highest BCUT2D eigenvalue weighted by Crippen LogP contribution is 2.63. The Bertz CT molecular complexity index is 3250. The summed E-state index contributed by atoms with van der Waals surface area (Å²) >= 11 is 0. The molecule has 270 valence electrons. The Balaban J connectivity index is 1.48. The van der Waals surface area contributed by atoms with Crippen LogP contribution in [-0.4, -0.2) is 40.9 Å². The largest absolute Gasteiger partial charge is 0.504 e. The minimum absolute atomic E-state index is 0.00131. The average molecular weight is 735 g/mol. The lowest BCUT2D eigenvalue weighted by atomic mass is 9.80. The fraction of sp³-hybridized carbons (Fsp3) is 0. The van der Waals surface area contributed by atoms with Crippen LogP contribution in [0.3, 0.4) is 0 Å². The zero-order valence-electron chi connectivity index (χ0n) is 29.3. The highest BCUT2D eigenvalue weighted by atomic mass is 16.4. The first-order valence-electron chi connectivity index (χ1n) is 17.8. The van der Waals surface area contributed by atoms with E-state index in [1.54, 1.807) is 6.07 Å². The summed E-state index contributed by atoms with van der Waals surface area (Å²) in [6, 6.07) is 41.9. The van der Waals surface area contributed by atoms with Gasteiger partial charge in [0.25, 0.3) is 0 Å². The van der Waals surface area contributed by atoms with Gasteiger partial charge >= 0.3 is 0 Å². The molecule has 8 N–H and O–H groups in total. The molecule has 10 rings (SSSR count). The predicted molar refractivity (Wildman–Crippen MR) is 221 cm³/mol. The predicted octanol–water partition coefficient (Wildman–Crippen LogP) is 11.3. The molecule has 0 aliphatic rings. The molecule has 10 aromatic rings. The molecule has 0 radical (unpaired) electrons. The van der Waals surface area contributed by atoms with E-state index >= 15 is 0 Å². The van der Waals surface area contributed by atoms with Crippen molar-refractivity contribution in [1.82, 2.24) is 0 Å². The summed E-state index contributed by atoms with van der Waals surface area (Å²) in [5.41, 5.74) is 2.54. The van der Waals surface area contributed by atoms with Gasteiger partial charge in [-0.3, -0.25) is 0 Å². The van der Waals surface area contributed by atoms with Crippen molar-refractivity contribution in [3.8, 4) is 79.4 Å². The summed E-state index contributed by atoms with van der Waals surface area (Å²) in [5, 5.41) is 98.3. The number of hydrogen-bond donors (Lipinski definition) is 8. The molecule has 0 unspecified atom stereocenters. The Morgan fingerprint density at radius 3 is 1.20 bits per heavy atom. The number of fused-ring (bicyclic) bond motifs is 8. The third-order valence-corrected chi connectivity index (χ3v) is 11.1. The normalized spacial score (nSPS) is 11.8. The van der Waals surface area contributed by atoms with Gasteiger partial charge in [-0.1, -0.05) is 127 Å². The Kier molecular flexibility index (Phi) is 6.93. The molecule has 0 saturated heterocycles. The van der Waals surface area contributed by atoms with Crippen molar-refractivity contribution in [2.24, 2.45) is 0 Å².